The molecule has 1 aromatic carbocycles. The molecule has 0 radical (unpaired) electrons. The number of hydrogen-bond donors (Lipinski definition) is 1. The van der Waals surface area contributed by atoms with Crippen molar-refractivity contribution in [2.24, 2.45) is 0 Å². The molecule has 1 amide bonds. The van der Waals surface area contributed by atoms with E-state index in [9.17, 15) is 26.7 Å². The molecule has 1 aliphatic heterocycles. The van der Waals surface area contributed by atoms with Gasteiger partial charge in [-0.1, -0.05) is 6.92 Å². The highest BCUT2D eigenvalue weighted by Crippen LogP contribution is 2.30. The fourth-order valence-electron chi connectivity index (χ4n) is 2.31. The number of benzene rings is 1. The largest absolute Gasteiger partial charge is 0.416 e. The molecule has 1 aromatic rings. The number of carbonyl (C=O) groups is 1. The average Bonchev–Trinajstić information content (AvgIpc) is 2.72. The van der Waals surface area contributed by atoms with Crippen LogP contribution in [0.15, 0.2) is 24.3 Å². The predicted octanol–water partition coefficient (Wildman–Crippen LogP) is 2.77. The van der Waals surface area contributed by atoms with Gasteiger partial charge < -0.3 is 5.32 Å². The molecule has 1 N–H and O–H groups in total. The summed E-state index contributed by atoms with van der Waals surface area (Å²) in [5.41, 5.74) is -0.980. The number of rotatable bonds is 3. The predicted molar refractivity (Wildman–Crippen MR) is 69.8 cm³/mol. The van der Waals surface area contributed by atoms with Gasteiger partial charge in [0.1, 0.15) is 6.04 Å². The first-order valence-electron chi connectivity index (χ1n) is 6.72. The number of nitrogens with zero attached hydrogens (tertiary/aromatic N) is 1. The normalized spacial score (nSPS) is 21.8. The zero-order valence-electron chi connectivity index (χ0n) is 11.8. The molecule has 122 valence electrons. The summed E-state index contributed by atoms with van der Waals surface area (Å²) in [4.78, 5) is 13.4. The van der Waals surface area contributed by atoms with E-state index in [0.29, 0.717) is 6.54 Å². The van der Waals surface area contributed by atoms with Gasteiger partial charge in [-0.25, -0.2) is 8.78 Å². The van der Waals surface area contributed by atoms with Crippen molar-refractivity contribution in [2.75, 3.05) is 19.6 Å². The molecule has 2 rings (SSSR count). The van der Waals surface area contributed by atoms with Crippen LogP contribution in [0.1, 0.15) is 22.8 Å². The lowest BCUT2D eigenvalue weighted by Gasteiger charge is -2.19. The summed E-state index contributed by atoms with van der Waals surface area (Å²) in [6.45, 7) is 1.73. The van der Waals surface area contributed by atoms with Crippen LogP contribution in [0.5, 0.6) is 0 Å². The molecule has 0 spiro atoms. The van der Waals surface area contributed by atoms with Crippen molar-refractivity contribution in [3.05, 3.63) is 35.4 Å². The van der Waals surface area contributed by atoms with Crippen LogP contribution in [0.4, 0.5) is 22.0 Å². The van der Waals surface area contributed by atoms with Gasteiger partial charge in [-0.3, -0.25) is 9.69 Å². The van der Waals surface area contributed by atoms with Crippen LogP contribution in [0.2, 0.25) is 0 Å². The monoisotopic (exact) mass is 322 g/mol. The molecule has 1 fully saturated rings. The molecular formula is C14H15F5N2O. The zero-order chi connectivity index (χ0) is 16.5. The maximum absolute atomic E-state index is 13.7. The first-order chi connectivity index (χ1) is 10.1. The fourth-order valence-corrected chi connectivity index (χ4v) is 2.31. The SMILES string of the molecule is CCN1CC(NC(=O)c2ccc(C(F)(F)F)cc2)C(F)(F)C1. The molecule has 0 aromatic heterocycles. The van der Waals surface area contributed by atoms with Gasteiger partial charge in [0.2, 0.25) is 0 Å². The Morgan fingerprint density at radius 2 is 1.91 bits per heavy atom. The average molecular weight is 322 g/mol. The van der Waals surface area contributed by atoms with Gasteiger partial charge in [0.25, 0.3) is 11.8 Å². The second-order valence-corrected chi connectivity index (χ2v) is 5.19. The van der Waals surface area contributed by atoms with E-state index in [2.05, 4.69) is 5.32 Å². The lowest BCUT2D eigenvalue weighted by molar-refractivity contribution is -0.137. The number of nitrogens with one attached hydrogen (secondary N) is 1. The topological polar surface area (TPSA) is 32.3 Å². The number of likely N-dealkylation sites (N-methyl/N-ethyl adjacent to an activating group) is 1. The Morgan fingerprint density at radius 3 is 2.36 bits per heavy atom. The number of likely N-dealkylation sites (tertiary alicyclic amines) is 1. The highest BCUT2D eigenvalue weighted by Gasteiger charge is 2.48. The van der Waals surface area contributed by atoms with Gasteiger partial charge in [0, 0.05) is 12.1 Å². The van der Waals surface area contributed by atoms with Crippen molar-refractivity contribution in [2.45, 2.75) is 25.1 Å². The molecule has 1 aliphatic rings. The minimum Gasteiger partial charge on any atom is -0.342 e. The standard InChI is InChI=1S/C14H15F5N2O/c1-2-21-7-11(13(15,16)8-21)20-12(22)9-3-5-10(6-4-9)14(17,18)19/h3-6,11H,2,7-8H2,1H3,(H,20,22). The first kappa shape index (κ1) is 16.7. The second-order valence-electron chi connectivity index (χ2n) is 5.19. The Balaban J connectivity index is 2.06. The van der Waals surface area contributed by atoms with E-state index in [1.54, 1.807) is 6.92 Å². The lowest BCUT2D eigenvalue weighted by atomic mass is 10.1. The van der Waals surface area contributed by atoms with Gasteiger partial charge in [-0.15, -0.1) is 0 Å². The summed E-state index contributed by atoms with van der Waals surface area (Å²) in [6, 6.07) is 2.11. The molecule has 0 bridgehead atoms. The van der Waals surface area contributed by atoms with E-state index < -0.39 is 36.2 Å². The number of halogens is 5. The lowest BCUT2D eigenvalue weighted by Crippen LogP contribution is -2.46. The van der Waals surface area contributed by atoms with Gasteiger partial charge in [-0.05, 0) is 30.8 Å². The van der Waals surface area contributed by atoms with Crippen molar-refractivity contribution in [1.29, 1.82) is 0 Å². The Morgan fingerprint density at radius 1 is 1.32 bits per heavy atom. The van der Waals surface area contributed by atoms with Crippen LogP contribution in [0.3, 0.4) is 0 Å². The van der Waals surface area contributed by atoms with Crippen LogP contribution in [-0.2, 0) is 6.18 Å². The highest BCUT2D eigenvalue weighted by molar-refractivity contribution is 5.94. The van der Waals surface area contributed by atoms with E-state index in [-0.39, 0.29) is 12.1 Å². The minimum absolute atomic E-state index is 0.00980. The molecule has 8 heteroatoms. The Kier molecular flexibility index (Phi) is 4.42. The van der Waals surface area contributed by atoms with Crippen molar-refractivity contribution >= 4 is 5.91 Å². The third-order valence-electron chi connectivity index (χ3n) is 3.61. The zero-order valence-corrected chi connectivity index (χ0v) is 11.8. The molecule has 0 saturated carbocycles. The van der Waals surface area contributed by atoms with Crippen LogP contribution < -0.4 is 5.32 Å². The van der Waals surface area contributed by atoms with E-state index in [1.807, 2.05) is 0 Å². The summed E-state index contributed by atoms with van der Waals surface area (Å²) in [5.74, 6) is -3.87. The number of carbonyl (C=O) groups excluding carboxylic acids is 1. The quantitative estimate of drug-likeness (QED) is 0.868. The number of amides is 1. The van der Waals surface area contributed by atoms with E-state index in [0.717, 1.165) is 24.3 Å². The Labute approximate surface area is 124 Å². The molecule has 1 saturated heterocycles. The van der Waals surface area contributed by atoms with Crippen molar-refractivity contribution < 1.29 is 26.7 Å². The molecule has 1 atom stereocenters. The van der Waals surface area contributed by atoms with E-state index in [1.165, 1.54) is 4.90 Å². The van der Waals surface area contributed by atoms with E-state index >= 15 is 0 Å². The van der Waals surface area contributed by atoms with Crippen LogP contribution in [0.25, 0.3) is 0 Å². The van der Waals surface area contributed by atoms with Crippen LogP contribution >= 0.6 is 0 Å². The summed E-state index contributed by atoms with van der Waals surface area (Å²) < 4.78 is 64.8. The van der Waals surface area contributed by atoms with Crippen LogP contribution in [-0.4, -0.2) is 42.4 Å². The molecular weight excluding hydrogens is 307 g/mol. The summed E-state index contributed by atoms with van der Waals surface area (Å²) >= 11 is 0. The summed E-state index contributed by atoms with van der Waals surface area (Å²) in [6.07, 6.45) is -4.50. The number of hydrogen-bond acceptors (Lipinski definition) is 2. The molecule has 0 aliphatic carbocycles. The second kappa shape index (κ2) is 5.83. The van der Waals surface area contributed by atoms with Gasteiger partial charge >= 0.3 is 6.18 Å². The smallest absolute Gasteiger partial charge is 0.342 e. The fraction of sp³-hybridized carbons (Fsp3) is 0.500. The summed E-state index contributed by atoms with van der Waals surface area (Å²) in [5, 5.41) is 2.20. The van der Waals surface area contributed by atoms with Gasteiger partial charge in [0.05, 0.1) is 12.1 Å². The molecule has 3 nitrogen and oxygen atoms in total. The maximum Gasteiger partial charge on any atom is 0.416 e. The maximum atomic E-state index is 13.7. The van der Waals surface area contributed by atoms with Crippen LogP contribution in [0, 0.1) is 0 Å². The third kappa shape index (κ3) is 3.55. The number of alkyl halides is 5. The molecule has 1 heterocycles. The van der Waals surface area contributed by atoms with Crippen molar-refractivity contribution in [1.82, 2.24) is 10.2 Å². The van der Waals surface area contributed by atoms with Crippen molar-refractivity contribution in [3.8, 4) is 0 Å². The van der Waals surface area contributed by atoms with Gasteiger partial charge in [0.15, 0.2) is 0 Å². The molecule has 1 unspecified atom stereocenters. The minimum atomic E-state index is -4.50. The third-order valence-corrected chi connectivity index (χ3v) is 3.61. The van der Waals surface area contributed by atoms with Crippen molar-refractivity contribution in [3.63, 3.8) is 0 Å². The molecule has 22 heavy (non-hydrogen) atoms. The Hall–Kier alpha value is -1.70. The Bertz CT molecular complexity index is 541. The summed E-state index contributed by atoms with van der Waals surface area (Å²) in [7, 11) is 0. The highest BCUT2D eigenvalue weighted by atomic mass is 19.4. The van der Waals surface area contributed by atoms with Gasteiger partial charge in [-0.2, -0.15) is 13.2 Å². The first-order valence-corrected chi connectivity index (χ1v) is 6.72. The van der Waals surface area contributed by atoms with E-state index in [4.69, 9.17) is 0 Å².